The van der Waals surface area contributed by atoms with Gasteiger partial charge in [-0.05, 0) is 31.6 Å². The number of methoxy groups -OCH3 is 1. The normalized spacial score (nSPS) is 10.5. The fourth-order valence-corrected chi connectivity index (χ4v) is 1.71. The number of rotatable bonds is 6. The summed E-state index contributed by atoms with van der Waals surface area (Å²) in [6.07, 6.45) is 2.33. The summed E-state index contributed by atoms with van der Waals surface area (Å²) in [5.74, 6) is -0.518. The lowest BCUT2D eigenvalue weighted by atomic mass is 10.0. The molecule has 0 amide bonds. The van der Waals surface area contributed by atoms with Gasteiger partial charge in [0, 0.05) is 6.08 Å². The molecule has 5 heteroatoms. The fraction of sp³-hybridized carbons (Fsp3) is 0.286. The number of aliphatic carboxylic acids is 1. The van der Waals surface area contributed by atoms with Gasteiger partial charge in [-0.2, -0.15) is 0 Å². The minimum absolute atomic E-state index is 0.219. The Morgan fingerprint density at radius 3 is 2.53 bits per heavy atom. The first-order valence-electron chi connectivity index (χ1n) is 5.77. The van der Waals surface area contributed by atoms with E-state index in [0.29, 0.717) is 29.2 Å². The molecule has 19 heavy (non-hydrogen) atoms. The molecule has 1 rings (SSSR count). The molecule has 0 bridgehead atoms. The molecule has 0 aliphatic rings. The van der Waals surface area contributed by atoms with E-state index in [1.54, 1.807) is 12.1 Å². The Balaban J connectivity index is 3.41. The van der Waals surface area contributed by atoms with Gasteiger partial charge in [-0.15, -0.1) is 0 Å². The molecular weight excluding hydrogens is 248 g/mol. The molecule has 5 nitrogen and oxygen atoms in total. The maximum atomic E-state index is 11.7. The number of carbonyl (C=O) groups is 2. The molecule has 0 unspecified atom stereocenters. The van der Waals surface area contributed by atoms with Crippen LogP contribution in [-0.4, -0.2) is 30.6 Å². The van der Waals surface area contributed by atoms with Crippen LogP contribution in [0.4, 0.5) is 0 Å². The molecule has 0 saturated heterocycles. The summed E-state index contributed by atoms with van der Waals surface area (Å²) >= 11 is 0. The highest BCUT2D eigenvalue weighted by Gasteiger charge is 2.17. The average molecular weight is 264 g/mol. The van der Waals surface area contributed by atoms with E-state index in [0.717, 1.165) is 6.08 Å². The predicted molar refractivity (Wildman–Crippen MR) is 70.8 cm³/mol. The van der Waals surface area contributed by atoms with Crippen molar-refractivity contribution in [1.82, 2.24) is 0 Å². The number of ether oxygens (including phenoxy) is 2. The van der Waals surface area contributed by atoms with Crippen molar-refractivity contribution in [3.05, 3.63) is 29.3 Å². The Hall–Kier alpha value is -2.30. The summed E-state index contributed by atoms with van der Waals surface area (Å²) in [7, 11) is 1.44. The van der Waals surface area contributed by atoms with Crippen LogP contribution in [0.3, 0.4) is 0 Å². The van der Waals surface area contributed by atoms with E-state index in [9.17, 15) is 9.59 Å². The third-order valence-electron chi connectivity index (χ3n) is 2.42. The van der Waals surface area contributed by atoms with Gasteiger partial charge in [0.05, 0.1) is 19.3 Å². The first kappa shape index (κ1) is 14.8. The van der Waals surface area contributed by atoms with Crippen molar-refractivity contribution in [1.29, 1.82) is 0 Å². The van der Waals surface area contributed by atoms with Crippen molar-refractivity contribution in [2.75, 3.05) is 13.7 Å². The lowest BCUT2D eigenvalue weighted by Gasteiger charge is -2.14. The van der Waals surface area contributed by atoms with Gasteiger partial charge in [0.1, 0.15) is 0 Å². The van der Waals surface area contributed by atoms with Gasteiger partial charge in [0.15, 0.2) is 17.3 Å². The third-order valence-corrected chi connectivity index (χ3v) is 2.42. The molecular formula is C14H16O5. The number of hydrogen-bond acceptors (Lipinski definition) is 4. The highest BCUT2D eigenvalue weighted by Crippen LogP contribution is 2.34. The summed E-state index contributed by atoms with van der Waals surface area (Å²) in [4.78, 5) is 22.3. The third kappa shape index (κ3) is 3.58. The Kier molecular flexibility index (Phi) is 5.11. The Labute approximate surface area is 111 Å². The number of carboxylic acids is 1. The van der Waals surface area contributed by atoms with Crippen LogP contribution in [0.15, 0.2) is 18.2 Å². The van der Waals surface area contributed by atoms with Crippen molar-refractivity contribution in [2.24, 2.45) is 0 Å². The van der Waals surface area contributed by atoms with Crippen LogP contribution in [0.1, 0.15) is 29.8 Å². The Bertz CT molecular complexity index is 517. The summed E-state index contributed by atoms with van der Waals surface area (Å²) in [6, 6.07) is 3.28. The van der Waals surface area contributed by atoms with Gasteiger partial charge in [-0.3, -0.25) is 4.79 Å². The first-order chi connectivity index (χ1) is 9.01. The lowest BCUT2D eigenvalue weighted by molar-refractivity contribution is -0.131. The van der Waals surface area contributed by atoms with E-state index in [4.69, 9.17) is 14.6 Å². The van der Waals surface area contributed by atoms with Crippen molar-refractivity contribution in [2.45, 2.75) is 13.8 Å². The van der Waals surface area contributed by atoms with Crippen molar-refractivity contribution in [3.8, 4) is 11.5 Å². The van der Waals surface area contributed by atoms with Gasteiger partial charge in [0.25, 0.3) is 0 Å². The Morgan fingerprint density at radius 1 is 1.37 bits per heavy atom. The molecule has 0 aromatic heterocycles. The minimum Gasteiger partial charge on any atom is -0.492 e. The number of carbonyl (C=O) groups excluding carboxylic acids is 1. The second kappa shape index (κ2) is 6.58. The van der Waals surface area contributed by atoms with Crippen LogP contribution < -0.4 is 9.47 Å². The molecule has 1 aromatic carbocycles. The number of benzene rings is 1. The topological polar surface area (TPSA) is 72.8 Å². The molecule has 0 spiro atoms. The van der Waals surface area contributed by atoms with Gasteiger partial charge < -0.3 is 14.6 Å². The van der Waals surface area contributed by atoms with Crippen molar-refractivity contribution in [3.63, 3.8) is 0 Å². The average Bonchev–Trinajstić information content (AvgIpc) is 2.36. The van der Waals surface area contributed by atoms with E-state index in [1.165, 1.54) is 20.1 Å². The minimum atomic E-state index is -1.08. The highest BCUT2D eigenvalue weighted by molar-refractivity contribution is 6.02. The predicted octanol–water partition coefficient (Wildman–Crippen LogP) is 2.39. The number of hydrogen-bond donors (Lipinski definition) is 1. The largest absolute Gasteiger partial charge is 0.492 e. The van der Waals surface area contributed by atoms with Gasteiger partial charge in [-0.1, -0.05) is 6.07 Å². The summed E-state index contributed by atoms with van der Waals surface area (Å²) in [6.45, 7) is 3.66. The van der Waals surface area contributed by atoms with Crippen LogP contribution in [0.5, 0.6) is 11.5 Å². The molecule has 1 N–H and O–H groups in total. The molecule has 0 aliphatic heterocycles. The SMILES string of the molecule is CCOc1ccc(C=CC(=O)O)c(C(C)=O)c1OC. The number of Topliss-reactive ketones (excluding diaryl/α,β-unsaturated/α-hetero) is 1. The van der Waals surface area contributed by atoms with Crippen molar-refractivity contribution < 1.29 is 24.2 Å². The lowest BCUT2D eigenvalue weighted by Crippen LogP contribution is -2.04. The van der Waals surface area contributed by atoms with Crippen LogP contribution in [0, 0.1) is 0 Å². The molecule has 0 aliphatic carbocycles. The monoisotopic (exact) mass is 264 g/mol. The number of carboxylic acid groups (broad SMARTS) is 1. The second-order valence-electron chi connectivity index (χ2n) is 3.72. The van der Waals surface area contributed by atoms with Crippen LogP contribution in [-0.2, 0) is 4.79 Å². The van der Waals surface area contributed by atoms with Crippen molar-refractivity contribution >= 4 is 17.8 Å². The van der Waals surface area contributed by atoms with Gasteiger partial charge >= 0.3 is 5.97 Å². The summed E-state index contributed by atoms with van der Waals surface area (Å²) < 4.78 is 10.6. The zero-order valence-corrected chi connectivity index (χ0v) is 11.1. The molecule has 1 aromatic rings. The molecule has 102 valence electrons. The quantitative estimate of drug-likeness (QED) is 0.631. The Morgan fingerprint density at radius 2 is 2.05 bits per heavy atom. The second-order valence-corrected chi connectivity index (χ2v) is 3.72. The van der Waals surface area contributed by atoms with Crippen LogP contribution in [0.25, 0.3) is 6.08 Å². The zero-order valence-electron chi connectivity index (χ0n) is 11.1. The molecule has 0 radical (unpaired) electrons. The summed E-state index contributed by atoms with van der Waals surface area (Å²) in [5, 5.41) is 8.64. The molecule has 0 heterocycles. The van der Waals surface area contributed by atoms with Crippen LogP contribution >= 0.6 is 0 Å². The maximum Gasteiger partial charge on any atom is 0.328 e. The van der Waals surface area contributed by atoms with Gasteiger partial charge in [-0.25, -0.2) is 4.79 Å². The molecule has 0 atom stereocenters. The van der Waals surface area contributed by atoms with E-state index in [-0.39, 0.29) is 5.78 Å². The smallest absolute Gasteiger partial charge is 0.328 e. The standard InChI is InChI=1S/C14H16O5/c1-4-19-11-7-5-10(6-8-12(16)17)13(9(2)15)14(11)18-3/h5-8H,4H2,1-3H3,(H,16,17). The highest BCUT2D eigenvalue weighted by atomic mass is 16.5. The summed E-state index contributed by atoms with van der Waals surface area (Å²) in [5.41, 5.74) is 0.793. The first-order valence-corrected chi connectivity index (χ1v) is 5.77. The van der Waals surface area contributed by atoms with Gasteiger partial charge in [0.2, 0.25) is 0 Å². The number of ketones is 1. The fourth-order valence-electron chi connectivity index (χ4n) is 1.71. The van der Waals surface area contributed by atoms with E-state index < -0.39 is 5.97 Å². The van der Waals surface area contributed by atoms with E-state index in [1.807, 2.05) is 6.92 Å². The van der Waals surface area contributed by atoms with Crippen LogP contribution in [0.2, 0.25) is 0 Å². The zero-order chi connectivity index (χ0) is 14.4. The molecule has 0 fully saturated rings. The molecule has 0 saturated carbocycles. The van der Waals surface area contributed by atoms with E-state index >= 15 is 0 Å². The van der Waals surface area contributed by atoms with E-state index in [2.05, 4.69) is 0 Å². The maximum absolute atomic E-state index is 11.7.